The molecule has 0 atom stereocenters. The quantitative estimate of drug-likeness (QED) is 0.107. The summed E-state index contributed by atoms with van der Waals surface area (Å²) in [5, 5.41) is 0. The molecule has 0 saturated heterocycles. The zero-order valence-corrected chi connectivity index (χ0v) is 24.9. The third-order valence-corrected chi connectivity index (χ3v) is 7.69. The van der Waals surface area contributed by atoms with Crippen LogP contribution in [0.15, 0.2) is 97.1 Å². The molecule has 0 aromatic heterocycles. The lowest BCUT2D eigenvalue weighted by Gasteiger charge is -2.20. The van der Waals surface area contributed by atoms with Gasteiger partial charge in [-0.05, 0) is 83.1 Å². The van der Waals surface area contributed by atoms with Crippen LogP contribution >= 0.6 is 0 Å². The zero-order chi connectivity index (χ0) is 33.9. The molecule has 0 unspecified atom stereocenters. The van der Waals surface area contributed by atoms with E-state index in [-0.39, 0.29) is 22.3 Å². The first kappa shape index (κ1) is 33.6. The first-order chi connectivity index (χ1) is 22.3. The zero-order valence-electron chi connectivity index (χ0n) is 24.9. The summed E-state index contributed by atoms with van der Waals surface area (Å²) in [6, 6.07) is 18.7. The van der Waals surface area contributed by atoms with Crippen molar-refractivity contribution in [1.82, 2.24) is 0 Å². The molecule has 1 nitrogen and oxygen atoms in total. The summed E-state index contributed by atoms with van der Waals surface area (Å²) in [6.07, 6.45) is -4.98. The molecule has 10 heteroatoms. The summed E-state index contributed by atoms with van der Waals surface area (Å²) < 4.78 is 132. The Bertz CT molecular complexity index is 1880. The summed E-state index contributed by atoms with van der Waals surface area (Å²) in [5.41, 5.74) is -0.880. The van der Waals surface area contributed by atoms with Crippen LogP contribution in [0, 0.1) is 23.3 Å². The number of hydrogen-bond donors (Lipinski definition) is 0. The van der Waals surface area contributed by atoms with Gasteiger partial charge in [-0.3, -0.25) is 0 Å². The summed E-state index contributed by atoms with van der Waals surface area (Å²) in [7, 11) is 0. The molecule has 5 aromatic rings. The Morgan fingerprint density at radius 3 is 1.55 bits per heavy atom. The number of benzene rings is 5. The lowest BCUT2D eigenvalue weighted by Crippen LogP contribution is -2.23. The largest absolute Gasteiger partial charge is 0.429 e. The van der Waals surface area contributed by atoms with E-state index in [0.29, 0.717) is 23.8 Å². The van der Waals surface area contributed by atoms with Crippen LogP contribution in [0.1, 0.15) is 42.9 Å². The van der Waals surface area contributed by atoms with Crippen molar-refractivity contribution in [2.75, 3.05) is 0 Å². The monoisotopic (exact) mass is 658 g/mol. The van der Waals surface area contributed by atoms with Crippen molar-refractivity contribution in [3.63, 3.8) is 0 Å². The van der Waals surface area contributed by atoms with Crippen LogP contribution in [-0.4, -0.2) is 0 Å². The first-order valence-electron chi connectivity index (χ1n) is 14.7. The van der Waals surface area contributed by atoms with E-state index in [9.17, 15) is 22.0 Å². The average Bonchev–Trinajstić information content (AvgIpc) is 3.00. The second-order valence-electron chi connectivity index (χ2n) is 11.0. The van der Waals surface area contributed by atoms with Crippen LogP contribution in [-0.2, 0) is 18.7 Å². The Labute approximate surface area is 265 Å². The van der Waals surface area contributed by atoms with E-state index in [1.807, 2.05) is 24.3 Å². The number of alkyl halides is 5. The van der Waals surface area contributed by atoms with Crippen LogP contribution < -0.4 is 4.74 Å². The highest BCUT2D eigenvalue weighted by molar-refractivity contribution is 5.71. The van der Waals surface area contributed by atoms with Crippen molar-refractivity contribution in [1.29, 1.82) is 0 Å². The third kappa shape index (κ3) is 7.64. The van der Waals surface area contributed by atoms with Gasteiger partial charge >= 0.3 is 12.3 Å². The molecule has 0 aliphatic rings. The van der Waals surface area contributed by atoms with Gasteiger partial charge in [-0.25, -0.2) is 17.6 Å². The molecule has 0 aliphatic carbocycles. The van der Waals surface area contributed by atoms with E-state index in [1.54, 1.807) is 6.07 Å². The van der Waals surface area contributed by atoms with Crippen LogP contribution in [0.4, 0.5) is 39.5 Å². The maximum atomic E-state index is 15.1. The van der Waals surface area contributed by atoms with Crippen LogP contribution in [0.3, 0.4) is 0 Å². The minimum atomic E-state index is -4.96. The predicted molar refractivity (Wildman–Crippen MR) is 162 cm³/mol. The minimum absolute atomic E-state index is 0.00320. The standard InChI is InChI=1S/C37H27F9O/c1-2-3-4-5-22-6-8-23(9-7-22)24-10-14-28(32(38)18-24)26-12-17-31(35(41)20-26)37(45,46)47-27-13-15-29(33(39)21-27)25-11-16-30(34(40)19-25)36(42,43)44/h6-21H,2-5H2,1H3. The van der Waals surface area contributed by atoms with Crippen molar-refractivity contribution in [2.24, 2.45) is 0 Å². The fraction of sp³-hybridized carbons (Fsp3) is 0.189. The van der Waals surface area contributed by atoms with E-state index in [2.05, 4.69) is 11.7 Å². The van der Waals surface area contributed by atoms with Gasteiger partial charge in [0.2, 0.25) is 0 Å². The Morgan fingerprint density at radius 1 is 0.511 bits per heavy atom. The molecule has 5 aromatic carbocycles. The lowest BCUT2D eigenvalue weighted by atomic mass is 9.97. The molecule has 244 valence electrons. The fourth-order valence-corrected chi connectivity index (χ4v) is 5.20. The van der Waals surface area contributed by atoms with Crippen molar-refractivity contribution in [3.8, 4) is 39.1 Å². The second kappa shape index (κ2) is 13.6. The molecule has 0 amide bonds. The van der Waals surface area contributed by atoms with Crippen LogP contribution in [0.2, 0.25) is 0 Å². The smallest absolute Gasteiger partial charge is 0.429 e. The number of halogens is 9. The highest BCUT2D eigenvalue weighted by Crippen LogP contribution is 2.38. The van der Waals surface area contributed by atoms with E-state index in [4.69, 9.17) is 0 Å². The SMILES string of the molecule is CCCCCc1ccc(-c2ccc(-c3ccc(C(F)(F)Oc4ccc(-c5ccc(C(F)(F)F)c(F)c5)c(F)c4)c(F)c3)c(F)c2)cc1. The lowest BCUT2D eigenvalue weighted by molar-refractivity contribution is -0.187. The Morgan fingerprint density at radius 2 is 1.02 bits per heavy atom. The number of hydrogen-bond acceptors (Lipinski definition) is 1. The molecule has 0 heterocycles. The molecule has 0 bridgehead atoms. The van der Waals surface area contributed by atoms with E-state index >= 15 is 17.6 Å². The Balaban J connectivity index is 1.31. The summed E-state index contributed by atoms with van der Waals surface area (Å²) >= 11 is 0. The number of ether oxygens (including phenoxy) is 1. The van der Waals surface area contributed by atoms with Crippen LogP contribution in [0.25, 0.3) is 33.4 Å². The number of unbranched alkanes of at least 4 members (excludes halogenated alkanes) is 2. The van der Waals surface area contributed by atoms with Crippen molar-refractivity contribution >= 4 is 0 Å². The van der Waals surface area contributed by atoms with Gasteiger partial charge in [-0.2, -0.15) is 22.0 Å². The number of aryl methyl sites for hydroxylation is 1. The van der Waals surface area contributed by atoms with Gasteiger partial charge in [-0.15, -0.1) is 0 Å². The van der Waals surface area contributed by atoms with Gasteiger partial charge in [0.1, 0.15) is 29.0 Å². The predicted octanol–water partition coefficient (Wildman–Crippen LogP) is 12.1. The fourth-order valence-electron chi connectivity index (χ4n) is 5.20. The van der Waals surface area contributed by atoms with E-state index in [1.165, 1.54) is 17.7 Å². The molecular formula is C37H27F9O. The minimum Gasteiger partial charge on any atom is -0.429 e. The van der Waals surface area contributed by atoms with Gasteiger partial charge in [0.05, 0.1) is 11.1 Å². The van der Waals surface area contributed by atoms with Gasteiger partial charge in [0.25, 0.3) is 0 Å². The maximum absolute atomic E-state index is 15.1. The van der Waals surface area contributed by atoms with Gasteiger partial charge in [-0.1, -0.05) is 68.3 Å². The average molecular weight is 659 g/mol. The summed E-state index contributed by atoms with van der Waals surface area (Å²) in [6.45, 7) is 2.13. The number of rotatable bonds is 10. The molecular weight excluding hydrogens is 631 g/mol. The second-order valence-corrected chi connectivity index (χ2v) is 11.0. The van der Waals surface area contributed by atoms with Gasteiger partial charge in [0, 0.05) is 17.2 Å². The third-order valence-electron chi connectivity index (χ3n) is 7.69. The molecule has 0 fully saturated rings. The topological polar surface area (TPSA) is 9.23 Å². The summed E-state index contributed by atoms with van der Waals surface area (Å²) in [5.74, 6) is -5.67. The molecule has 0 radical (unpaired) electrons. The Kier molecular flexibility index (Phi) is 9.70. The normalized spacial score (nSPS) is 12.0. The molecule has 0 spiro atoms. The highest BCUT2D eigenvalue weighted by Gasteiger charge is 2.38. The molecule has 0 aliphatic heterocycles. The van der Waals surface area contributed by atoms with E-state index in [0.717, 1.165) is 67.6 Å². The molecule has 0 saturated carbocycles. The maximum Gasteiger partial charge on any atom is 0.429 e. The first-order valence-corrected chi connectivity index (χ1v) is 14.7. The van der Waals surface area contributed by atoms with Crippen molar-refractivity contribution < 1.29 is 44.3 Å². The molecule has 47 heavy (non-hydrogen) atoms. The van der Waals surface area contributed by atoms with Crippen LogP contribution in [0.5, 0.6) is 5.75 Å². The van der Waals surface area contributed by atoms with Crippen molar-refractivity contribution in [3.05, 3.63) is 137 Å². The van der Waals surface area contributed by atoms with Crippen molar-refractivity contribution in [2.45, 2.75) is 44.9 Å². The van der Waals surface area contributed by atoms with E-state index < -0.39 is 52.4 Å². The van der Waals surface area contributed by atoms with Gasteiger partial charge < -0.3 is 4.74 Å². The Hall–Kier alpha value is -4.73. The summed E-state index contributed by atoms with van der Waals surface area (Å²) in [4.78, 5) is 0. The highest BCUT2D eigenvalue weighted by atomic mass is 19.4. The van der Waals surface area contributed by atoms with Gasteiger partial charge in [0.15, 0.2) is 0 Å². The molecule has 5 rings (SSSR count). The molecule has 0 N–H and O–H groups in total.